The van der Waals surface area contributed by atoms with E-state index in [-0.39, 0.29) is 11.2 Å². The van der Waals surface area contributed by atoms with Crippen molar-refractivity contribution in [2.75, 3.05) is 9.80 Å². The topological polar surface area (TPSA) is 6.48 Å². The quantitative estimate of drug-likeness (QED) is 0.156. The van der Waals surface area contributed by atoms with Crippen molar-refractivity contribution in [3.63, 3.8) is 0 Å². The molecule has 59 heavy (non-hydrogen) atoms. The molecule has 2 nitrogen and oxygen atoms in total. The van der Waals surface area contributed by atoms with Crippen LogP contribution >= 0.6 is 0 Å². The van der Waals surface area contributed by atoms with Crippen molar-refractivity contribution in [2.24, 2.45) is 23.7 Å². The number of fused-ring (bicyclic) bond motifs is 3. The van der Waals surface area contributed by atoms with Crippen LogP contribution in [0.4, 0.5) is 38.5 Å². The maximum atomic E-state index is 14.9. The summed E-state index contributed by atoms with van der Waals surface area (Å²) in [7, 11) is 0. The molecule has 0 atom stereocenters. The monoisotopic (exact) mass is 762 g/mol. The van der Waals surface area contributed by atoms with Gasteiger partial charge in [-0.15, -0.1) is 0 Å². The van der Waals surface area contributed by atoms with Crippen LogP contribution in [-0.2, 0) is 5.41 Å². The van der Waals surface area contributed by atoms with Crippen LogP contribution in [0.25, 0.3) is 43.4 Å². The van der Waals surface area contributed by atoms with E-state index in [4.69, 9.17) is 0 Å². The smallest absolute Gasteiger partial charge is 0.123 e. The molecule has 1 spiro atoms. The summed E-state index contributed by atoms with van der Waals surface area (Å²) >= 11 is 0. The molecule has 0 aromatic heterocycles. The van der Waals surface area contributed by atoms with E-state index in [0.717, 1.165) is 40.3 Å². The van der Waals surface area contributed by atoms with Gasteiger partial charge >= 0.3 is 0 Å². The molecule has 0 amide bonds. The Labute approximate surface area is 344 Å². The molecular weight excluding hydrogens is 720 g/mol. The molecule has 0 saturated heterocycles. The van der Waals surface area contributed by atoms with Crippen molar-refractivity contribution in [3.05, 3.63) is 193 Å². The molecule has 284 valence electrons. The summed E-state index contributed by atoms with van der Waals surface area (Å²) in [5.74, 6) is 2.72. The molecule has 14 rings (SSSR count). The van der Waals surface area contributed by atoms with E-state index in [1.807, 2.05) is 12.1 Å². The third-order valence-electron chi connectivity index (χ3n) is 15.0. The van der Waals surface area contributed by atoms with Crippen LogP contribution in [0.3, 0.4) is 0 Å². The van der Waals surface area contributed by atoms with Crippen LogP contribution < -0.4 is 9.80 Å². The molecular formula is C56H43FN2. The van der Waals surface area contributed by atoms with Gasteiger partial charge in [0.2, 0.25) is 0 Å². The lowest BCUT2D eigenvalue weighted by Crippen LogP contribution is -2.55. The second-order valence-electron chi connectivity index (χ2n) is 17.8. The summed E-state index contributed by atoms with van der Waals surface area (Å²) < 4.78 is 14.9. The first-order valence-electron chi connectivity index (χ1n) is 21.5. The first-order valence-corrected chi connectivity index (χ1v) is 21.5. The highest BCUT2D eigenvalue weighted by atomic mass is 19.1. The number of halogens is 1. The van der Waals surface area contributed by atoms with Crippen LogP contribution in [0.2, 0.25) is 0 Å². The van der Waals surface area contributed by atoms with Crippen molar-refractivity contribution in [1.82, 2.24) is 0 Å². The van der Waals surface area contributed by atoms with E-state index >= 15 is 0 Å². The number of nitrogens with zero attached hydrogens (tertiary/aromatic N) is 2. The van der Waals surface area contributed by atoms with E-state index in [2.05, 4.69) is 161 Å². The molecule has 4 fully saturated rings. The van der Waals surface area contributed by atoms with Gasteiger partial charge in [0.05, 0.1) is 17.1 Å². The van der Waals surface area contributed by atoms with Gasteiger partial charge in [-0.05, 0) is 166 Å². The lowest BCUT2D eigenvalue weighted by atomic mass is 9.43. The molecule has 0 heterocycles. The summed E-state index contributed by atoms with van der Waals surface area (Å²) in [6.45, 7) is 0. The SMILES string of the molecule is Fc1ccc(N(c2cccc3c2C2(c4ccccc4-3)C3CC4CC(C3)CC2C4)c2ccc3ccc4c(N(c5ccccc5)c5ccccc5)ccc5ccc2c3c54)cc1. The maximum absolute atomic E-state index is 14.9. The van der Waals surface area contributed by atoms with Crippen LogP contribution in [0, 0.1) is 29.5 Å². The predicted molar refractivity (Wildman–Crippen MR) is 243 cm³/mol. The van der Waals surface area contributed by atoms with Crippen LogP contribution in [0.1, 0.15) is 43.2 Å². The molecule has 4 saturated carbocycles. The highest BCUT2D eigenvalue weighted by Gasteiger charge is 2.62. The summed E-state index contributed by atoms with van der Waals surface area (Å²) in [4.78, 5) is 4.87. The van der Waals surface area contributed by atoms with Crippen LogP contribution in [0.5, 0.6) is 0 Å². The van der Waals surface area contributed by atoms with Gasteiger partial charge in [-0.25, -0.2) is 4.39 Å². The average molecular weight is 763 g/mol. The molecule has 4 bridgehead atoms. The summed E-state index contributed by atoms with van der Waals surface area (Å²) in [6, 6.07) is 63.4. The summed E-state index contributed by atoms with van der Waals surface area (Å²) in [5, 5.41) is 7.36. The normalized spacial score (nSPS) is 22.4. The number of anilines is 6. The van der Waals surface area contributed by atoms with Crippen LogP contribution in [0.15, 0.2) is 176 Å². The first-order chi connectivity index (χ1) is 29.1. The maximum Gasteiger partial charge on any atom is 0.123 e. The minimum atomic E-state index is -0.221. The Hall–Kier alpha value is -6.45. The number of rotatable bonds is 6. The zero-order chi connectivity index (χ0) is 38.8. The van der Waals surface area contributed by atoms with Crippen molar-refractivity contribution >= 4 is 66.4 Å². The third-order valence-corrected chi connectivity index (χ3v) is 15.0. The Kier molecular flexibility index (Phi) is 7.12. The largest absolute Gasteiger partial charge is 0.310 e. The minimum Gasteiger partial charge on any atom is -0.310 e. The Balaban J connectivity index is 1.08. The zero-order valence-corrected chi connectivity index (χ0v) is 32.9. The fourth-order valence-corrected chi connectivity index (χ4v) is 13.1. The molecule has 0 aliphatic heterocycles. The van der Waals surface area contributed by atoms with Crippen molar-refractivity contribution in [1.29, 1.82) is 0 Å². The zero-order valence-electron chi connectivity index (χ0n) is 32.9. The summed E-state index contributed by atoms with van der Waals surface area (Å²) in [5.41, 5.74) is 12.5. The fraction of sp³-hybridized carbons (Fsp3) is 0.179. The Morgan fingerprint density at radius 3 is 1.53 bits per heavy atom. The van der Waals surface area contributed by atoms with Crippen molar-refractivity contribution in [2.45, 2.75) is 37.5 Å². The van der Waals surface area contributed by atoms with Gasteiger partial charge < -0.3 is 9.80 Å². The van der Waals surface area contributed by atoms with Crippen LogP contribution in [-0.4, -0.2) is 0 Å². The molecule has 0 unspecified atom stereocenters. The van der Waals surface area contributed by atoms with Crippen molar-refractivity contribution < 1.29 is 4.39 Å². The molecule has 0 radical (unpaired) electrons. The van der Waals surface area contributed by atoms with Gasteiger partial charge in [0, 0.05) is 33.2 Å². The van der Waals surface area contributed by atoms with E-state index in [0.29, 0.717) is 11.8 Å². The lowest BCUT2D eigenvalue weighted by Gasteiger charge is -2.61. The van der Waals surface area contributed by atoms with Gasteiger partial charge in [-0.1, -0.05) is 109 Å². The molecule has 0 N–H and O–H groups in total. The Morgan fingerprint density at radius 1 is 0.407 bits per heavy atom. The fourth-order valence-electron chi connectivity index (χ4n) is 13.1. The van der Waals surface area contributed by atoms with E-state index in [1.165, 1.54) is 86.8 Å². The number of benzene rings is 9. The van der Waals surface area contributed by atoms with E-state index in [1.54, 1.807) is 17.7 Å². The molecule has 5 aliphatic rings. The number of hydrogen-bond donors (Lipinski definition) is 0. The van der Waals surface area contributed by atoms with E-state index < -0.39 is 0 Å². The number of para-hydroxylation sites is 2. The Morgan fingerprint density at radius 2 is 0.915 bits per heavy atom. The minimum absolute atomic E-state index is 0.0365. The third kappa shape index (κ3) is 4.67. The first kappa shape index (κ1) is 33.5. The van der Waals surface area contributed by atoms with Gasteiger partial charge in [0.15, 0.2) is 0 Å². The molecule has 9 aromatic rings. The molecule has 3 heteroatoms. The van der Waals surface area contributed by atoms with Gasteiger partial charge in [-0.2, -0.15) is 0 Å². The highest BCUT2D eigenvalue weighted by Crippen LogP contribution is 2.71. The lowest BCUT2D eigenvalue weighted by molar-refractivity contribution is -0.0397. The molecule has 5 aliphatic carbocycles. The van der Waals surface area contributed by atoms with Crippen molar-refractivity contribution in [3.8, 4) is 11.1 Å². The van der Waals surface area contributed by atoms with Gasteiger partial charge in [-0.3, -0.25) is 0 Å². The Bertz CT molecular complexity index is 3010. The van der Waals surface area contributed by atoms with Gasteiger partial charge in [0.1, 0.15) is 5.82 Å². The number of hydrogen-bond acceptors (Lipinski definition) is 2. The second-order valence-corrected chi connectivity index (χ2v) is 17.8. The highest BCUT2D eigenvalue weighted by molar-refractivity contribution is 6.28. The van der Waals surface area contributed by atoms with Gasteiger partial charge in [0.25, 0.3) is 0 Å². The second kappa shape index (κ2) is 12.5. The average Bonchev–Trinajstić information content (AvgIpc) is 3.58. The predicted octanol–water partition coefficient (Wildman–Crippen LogP) is 15.4. The van der Waals surface area contributed by atoms with E-state index in [9.17, 15) is 4.39 Å². The standard InChI is InChI=1S/C56H43FN2/c57-41-22-24-44(25-23-41)59(52-17-9-15-46-45-14-7-8-16-49(45)56(55(46)52)39-31-35-30-36(33-39)34-40(56)32-35)51-29-21-38-18-26-47-50(28-20-37-19-27-48(51)54(38)53(37)47)58(42-10-3-1-4-11-42)43-12-5-2-6-13-43/h1-29,35-36,39-40H,30-34H2. The molecule has 9 aromatic carbocycles. The summed E-state index contributed by atoms with van der Waals surface area (Å²) in [6.07, 6.45) is 6.68.